The number of nitrogens with one attached hydrogen (secondary N) is 2. The van der Waals surface area contributed by atoms with Crippen LogP contribution in [0.2, 0.25) is 0 Å². The average molecular weight is 332 g/mol. The van der Waals surface area contributed by atoms with Crippen molar-refractivity contribution in [1.82, 2.24) is 5.32 Å². The first kappa shape index (κ1) is 17.7. The molecule has 0 radical (unpaired) electrons. The molecular weight excluding hydrogens is 311 g/mol. The maximum absolute atomic E-state index is 14.1. The molecule has 0 unspecified atom stereocenters. The molecule has 2 aromatic carbocycles. The lowest BCUT2D eigenvalue weighted by molar-refractivity contribution is 0.187. The van der Waals surface area contributed by atoms with E-state index in [1.54, 1.807) is 19.9 Å². The molecule has 2 aromatic rings. The monoisotopic (exact) mass is 332 g/mol. The van der Waals surface area contributed by atoms with Crippen LogP contribution in [0.3, 0.4) is 0 Å². The van der Waals surface area contributed by atoms with E-state index in [2.05, 4.69) is 10.6 Å². The zero-order chi connectivity index (χ0) is 17.6. The van der Waals surface area contributed by atoms with Gasteiger partial charge < -0.3 is 20.5 Å². The van der Waals surface area contributed by atoms with Crippen LogP contribution in [0, 0.1) is 5.82 Å². The van der Waals surface area contributed by atoms with Gasteiger partial charge in [0, 0.05) is 0 Å². The minimum Gasteiger partial charge on any atom is -0.487 e. The lowest BCUT2D eigenvalue weighted by Gasteiger charge is -2.24. The zero-order valence-electron chi connectivity index (χ0n) is 13.7. The molecule has 128 valence electrons. The van der Waals surface area contributed by atoms with Crippen molar-refractivity contribution in [1.29, 1.82) is 0 Å². The first-order valence-electron chi connectivity index (χ1n) is 7.56. The summed E-state index contributed by atoms with van der Waals surface area (Å²) in [4.78, 5) is 12.0. The van der Waals surface area contributed by atoms with Gasteiger partial charge in [-0.2, -0.15) is 0 Å². The first-order valence-corrected chi connectivity index (χ1v) is 7.56. The number of rotatable bonds is 6. The highest BCUT2D eigenvalue weighted by molar-refractivity contribution is 5.91. The fourth-order valence-electron chi connectivity index (χ4n) is 1.97. The van der Waals surface area contributed by atoms with E-state index in [-0.39, 0.29) is 24.7 Å². The number of hydrogen-bond donors (Lipinski definition) is 3. The second-order valence-corrected chi connectivity index (χ2v) is 6.01. The summed E-state index contributed by atoms with van der Waals surface area (Å²) in [5.74, 6) is -0.367. The number of aliphatic hydroxyl groups excluding tert-OH is 1. The molecule has 2 amide bonds. The van der Waals surface area contributed by atoms with Gasteiger partial charge in [0.15, 0.2) is 5.82 Å². The number of carbonyl (C=O) groups is 1. The van der Waals surface area contributed by atoms with E-state index in [1.165, 1.54) is 12.1 Å². The van der Waals surface area contributed by atoms with Gasteiger partial charge in [-0.05, 0) is 31.5 Å². The number of anilines is 1. The molecule has 0 atom stereocenters. The molecule has 2 rings (SSSR count). The summed E-state index contributed by atoms with van der Waals surface area (Å²) in [6.45, 7) is 3.32. The van der Waals surface area contributed by atoms with E-state index in [1.807, 2.05) is 30.3 Å². The van der Waals surface area contributed by atoms with Crippen molar-refractivity contribution in [3.63, 3.8) is 0 Å². The highest BCUT2D eigenvalue weighted by atomic mass is 19.1. The smallest absolute Gasteiger partial charge is 0.319 e. The summed E-state index contributed by atoms with van der Waals surface area (Å²) < 4.78 is 19.7. The number of ether oxygens (including phenoxy) is 1. The van der Waals surface area contributed by atoms with Crippen LogP contribution in [-0.4, -0.2) is 23.3 Å². The standard InChI is InChI=1S/C18H21FN2O3/c1-18(2,12-22)21-17(23)20-16-14(19)9-6-10-15(16)24-11-13-7-4-3-5-8-13/h3-10,22H,11-12H2,1-2H3,(H2,20,21,23). The van der Waals surface area contributed by atoms with Crippen LogP contribution < -0.4 is 15.4 Å². The van der Waals surface area contributed by atoms with Crippen LogP contribution in [0.5, 0.6) is 5.75 Å². The van der Waals surface area contributed by atoms with Gasteiger partial charge >= 0.3 is 6.03 Å². The van der Waals surface area contributed by atoms with Crippen LogP contribution in [0.25, 0.3) is 0 Å². The third kappa shape index (κ3) is 4.96. The van der Waals surface area contributed by atoms with Crippen molar-refractivity contribution >= 4 is 11.7 Å². The Kier molecular flexibility index (Phi) is 5.76. The van der Waals surface area contributed by atoms with E-state index in [0.717, 1.165) is 5.56 Å². The van der Waals surface area contributed by atoms with Crippen molar-refractivity contribution in [2.75, 3.05) is 11.9 Å². The van der Waals surface area contributed by atoms with Crippen molar-refractivity contribution in [3.8, 4) is 5.75 Å². The van der Waals surface area contributed by atoms with Gasteiger partial charge in [-0.25, -0.2) is 9.18 Å². The molecule has 0 bridgehead atoms. The molecule has 5 nitrogen and oxygen atoms in total. The summed E-state index contributed by atoms with van der Waals surface area (Å²) in [5, 5.41) is 14.2. The molecule has 0 spiro atoms. The summed E-state index contributed by atoms with van der Waals surface area (Å²) in [5.41, 5.74) is 0.0682. The van der Waals surface area contributed by atoms with Crippen molar-refractivity contribution in [2.45, 2.75) is 26.0 Å². The number of urea groups is 1. The van der Waals surface area contributed by atoms with E-state index in [9.17, 15) is 14.3 Å². The SMILES string of the molecule is CC(C)(CO)NC(=O)Nc1c(F)cccc1OCc1ccccc1. The molecule has 24 heavy (non-hydrogen) atoms. The fraction of sp³-hybridized carbons (Fsp3) is 0.278. The Morgan fingerprint density at radius 3 is 2.54 bits per heavy atom. The van der Waals surface area contributed by atoms with Crippen LogP contribution in [0.4, 0.5) is 14.9 Å². The van der Waals surface area contributed by atoms with E-state index < -0.39 is 17.4 Å². The molecule has 0 aliphatic carbocycles. The number of benzene rings is 2. The highest BCUT2D eigenvalue weighted by Crippen LogP contribution is 2.28. The van der Waals surface area contributed by atoms with Gasteiger partial charge in [-0.15, -0.1) is 0 Å². The molecule has 3 N–H and O–H groups in total. The molecule has 0 heterocycles. The molecule has 0 aromatic heterocycles. The van der Waals surface area contributed by atoms with E-state index in [0.29, 0.717) is 0 Å². The van der Waals surface area contributed by atoms with Crippen LogP contribution in [0.15, 0.2) is 48.5 Å². The third-order valence-corrected chi connectivity index (χ3v) is 3.30. The summed E-state index contributed by atoms with van der Waals surface area (Å²) in [6, 6.07) is 13.2. The predicted molar refractivity (Wildman–Crippen MR) is 90.5 cm³/mol. The molecule has 0 fully saturated rings. The Hall–Kier alpha value is -2.60. The van der Waals surface area contributed by atoms with Crippen molar-refractivity contribution in [3.05, 3.63) is 59.9 Å². The molecule has 6 heteroatoms. The lowest BCUT2D eigenvalue weighted by Crippen LogP contribution is -2.48. The van der Waals surface area contributed by atoms with Crippen LogP contribution in [-0.2, 0) is 6.61 Å². The van der Waals surface area contributed by atoms with E-state index in [4.69, 9.17) is 4.74 Å². The quantitative estimate of drug-likeness (QED) is 0.760. The number of amides is 2. The van der Waals surface area contributed by atoms with Gasteiger partial charge in [0.05, 0.1) is 12.1 Å². The van der Waals surface area contributed by atoms with Gasteiger partial charge in [-0.3, -0.25) is 0 Å². The molecule has 0 aliphatic heterocycles. The maximum Gasteiger partial charge on any atom is 0.319 e. The number of para-hydroxylation sites is 1. The van der Waals surface area contributed by atoms with Crippen molar-refractivity contribution in [2.24, 2.45) is 0 Å². The topological polar surface area (TPSA) is 70.6 Å². The van der Waals surface area contributed by atoms with Gasteiger partial charge in [-0.1, -0.05) is 36.4 Å². The Morgan fingerprint density at radius 2 is 1.88 bits per heavy atom. The minimum atomic E-state index is -0.819. The van der Waals surface area contributed by atoms with Gasteiger partial charge in [0.25, 0.3) is 0 Å². The Balaban J connectivity index is 2.10. The normalized spacial score (nSPS) is 11.0. The van der Waals surface area contributed by atoms with Gasteiger partial charge in [0.1, 0.15) is 18.0 Å². The van der Waals surface area contributed by atoms with E-state index >= 15 is 0 Å². The summed E-state index contributed by atoms with van der Waals surface area (Å²) in [7, 11) is 0. The minimum absolute atomic E-state index is 0.0420. The third-order valence-electron chi connectivity index (χ3n) is 3.30. The molecule has 0 saturated heterocycles. The average Bonchev–Trinajstić information content (AvgIpc) is 2.56. The number of aliphatic hydroxyl groups is 1. The highest BCUT2D eigenvalue weighted by Gasteiger charge is 2.21. The fourth-order valence-corrected chi connectivity index (χ4v) is 1.97. The maximum atomic E-state index is 14.1. The second-order valence-electron chi connectivity index (χ2n) is 6.01. The summed E-state index contributed by atoms with van der Waals surface area (Å²) >= 11 is 0. The number of halogens is 1. The number of carbonyl (C=O) groups excluding carboxylic acids is 1. The number of hydrogen-bond acceptors (Lipinski definition) is 3. The largest absolute Gasteiger partial charge is 0.487 e. The Labute approximate surface area is 140 Å². The van der Waals surface area contributed by atoms with Crippen LogP contribution in [0.1, 0.15) is 19.4 Å². The van der Waals surface area contributed by atoms with Gasteiger partial charge in [0.2, 0.25) is 0 Å². The Bertz CT molecular complexity index is 690. The zero-order valence-corrected chi connectivity index (χ0v) is 13.7. The summed E-state index contributed by atoms with van der Waals surface area (Å²) in [6.07, 6.45) is 0. The van der Waals surface area contributed by atoms with Crippen LogP contribution >= 0.6 is 0 Å². The van der Waals surface area contributed by atoms with Crippen molar-refractivity contribution < 1.29 is 19.0 Å². The Morgan fingerprint density at radius 1 is 1.17 bits per heavy atom. The predicted octanol–water partition coefficient (Wildman–Crippen LogP) is 3.30. The molecule has 0 saturated carbocycles. The first-order chi connectivity index (χ1) is 11.4. The second kappa shape index (κ2) is 7.79. The lowest BCUT2D eigenvalue weighted by atomic mass is 10.1. The molecule has 0 aliphatic rings. The molecular formula is C18H21FN2O3.